The highest BCUT2D eigenvalue weighted by Crippen LogP contribution is 2.28. The maximum atomic E-state index is 11.8. The van der Waals surface area contributed by atoms with E-state index in [1.54, 1.807) is 0 Å². The van der Waals surface area contributed by atoms with Crippen LogP contribution in [0, 0.1) is 6.92 Å². The van der Waals surface area contributed by atoms with Crippen LogP contribution in [0.4, 0.5) is 4.79 Å². The minimum Gasteiger partial charge on any atom is -0.341 e. The van der Waals surface area contributed by atoms with Gasteiger partial charge in [0, 0.05) is 30.5 Å². The summed E-state index contributed by atoms with van der Waals surface area (Å²) in [5.41, 5.74) is 3.06. The van der Waals surface area contributed by atoms with E-state index in [2.05, 4.69) is 26.9 Å². The molecule has 0 radical (unpaired) electrons. The maximum Gasteiger partial charge on any atom is 0.321 e. The van der Waals surface area contributed by atoms with E-state index >= 15 is 0 Å². The largest absolute Gasteiger partial charge is 0.341 e. The van der Waals surface area contributed by atoms with Crippen LogP contribution >= 0.6 is 11.8 Å². The second-order valence-electron chi connectivity index (χ2n) is 6.07. The van der Waals surface area contributed by atoms with Crippen LogP contribution in [0.3, 0.4) is 0 Å². The molecule has 0 unspecified atom stereocenters. The predicted octanol–water partition coefficient (Wildman–Crippen LogP) is 3.18. The Balaban J connectivity index is 1.84. The van der Waals surface area contributed by atoms with E-state index in [4.69, 9.17) is 0 Å². The van der Waals surface area contributed by atoms with E-state index in [-0.39, 0.29) is 12.3 Å². The third-order valence-corrected chi connectivity index (χ3v) is 4.89. The lowest BCUT2D eigenvalue weighted by molar-refractivity contribution is -0.119. The second-order valence-corrected chi connectivity index (χ2v) is 7.13. The molecule has 2 N–H and O–H groups in total. The number of urea groups is 1. The summed E-state index contributed by atoms with van der Waals surface area (Å²) in [7, 11) is 1.46. The Kier molecular flexibility index (Phi) is 6.44. The van der Waals surface area contributed by atoms with Crippen molar-refractivity contribution in [1.29, 1.82) is 0 Å². The Labute approximate surface area is 167 Å². The summed E-state index contributed by atoms with van der Waals surface area (Å²) in [6, 6.07) is 17.4. The van der Waals surface area contributed by atoms with Crippen molar-refractivity contribution in [3.63, 3.8) is 0 Å². The average Bonchev–Trinajstić information content (AvgIpc) is 3.12. The van der Waals surface area contributed by atoms with Gasteiger partial charge in [0.05, 0.1) is 0 Å². The maximum absolute atomic E-state index is 11.8. The Morgan fingerprint density at radius 1 is 1.07 bits per heavy atom. The van der Waals surface area contributed by atoms with Crippen molar-refractivity contribution in [1.82, 2.24) is 25.4 Å². The molecule has 0 bridgehead atoms. The smallest absolute Gasteiger partial charge is 0.321 e. The van der Waals surface area contributed by atoms with Gasteiger partial charge in [-0.1, -0.05) is 53.7 Å². The molecule has 7 nitrogen and oxygen atoms in total. The van der Waals surface area contributed by atoms with Crippen molar-refractivity contribution >= 4 is 23.7 Å². The zero-order chi connectivity index (χ0) is 19.9. The van der Waals surface area contributed by atoms with E-state index in [1.807, 2.05) is 60.0 Å². The fourth-order valence-electron chi connectivity index (χ4n) is 2.63. The summed E-state index contributed by atoms with van der Waals surface area (Å²) in [5, 5.41) is 14.0. The molecule has 0 fully saturated rings. The molecule has 1 heterocycles. The van der Waals surface area contributed by atoms with Gasteiger partial charge in [-0.05, 0) is 25.1 Å². The molecule has 2 aromatic carbocycles. The number of benzene rings is 2. The summed E-state index contributed by atoms with van der Waals surface area (Å²) >= 11 is 1.42. The number of aromatic nitrogens is 3. The van der Waals surface area contributed by atoms with E-state index in [1.165, 1.54) is 18.8 Å². The molecule has 144 valence electrons. The van der Waals surface area contributed by atoms with Crippen LogP contribution in [0.25, 0.3) is 17.1 Å². The molecular formula is C20H21N5O2S. The number of imide groups is 1. The van der Waals surface area contributed by atoms with Gasteiger partial charge < -0.3 is 5.32 Å². The number of hydrogen-bond donors (Lipinski definition) is 2. The van der Waals surface area contributed by atoms with Crippen molar-refractivity contribution in [2.45, 2.75) is 18.5 Å². The topological polar surface area (TPSA) is 88.9 Å². The van der Waals surface area contributed by atoms with Gasteiger partial charge >= 0.3 is 6.03 Å². The van der Waals surface area contributed by atoms with Crippen LogP contribution in [0.1, 0.15) is 12.0 Å². The molecule has 3 rings (SSSR count). The average molecular weight is 395 g/mol. The van der Waals surface area contributed by atoms with Gasteiger partial charge in [0.25, 0.3) is 0 Å². The van der Waals surface area contributed by atoms with Crippen molar-refractivity contribution in [2.24, 2.45) is 0 Å². The Bertz CT molecular complexity index is 972. The van der Waals surface area contributed by atoms with E-state index in [0.717, 1.165) is 22.6 Å². The number of carbonyl (C=O) groups is 2. The van der Waals surface area contributed by atoms with E-state index in [9.17, 15) is 9.59 Å². The molecule has 1 aromatic heterocycles. The van der Waals surface area contributed by atoms with Gasteiger partial charge in [0.1, 0.15) is 0 Å². The van der Waals surface area contributed by atoms with Gasteiger partial charge in [-0.25, -0.2) is 4.79 Å². The molecule has 3 aromatic rings. The minimum atomic E-state index is -0.510. The fraction of sp³-hybridized carbons (Fsp3) is 0.200. The number of amides is 3. The standard InChI is InChI=1S/C20H21N5O2S/c1-14-7-6-8-15(13-14)18-23-24-20(25(18)16-9-4-3-5-10-16)28-12-11-17(26)22-19(27)21-2/h3-10,13H,11-12H2,1-2H3,(H2,21,22,26,27). The van der Waals surface area contributed by atoms with Crippen LogP contribution in [0.5, 0.6) is 0 Å². The summed E-state index contributed by atoms with van der Waals surface area (Å²) in [4.78, 5) is 23.0. The molecule has 8 heteroatoms. The normalized spacial score (nSPS) is 10.5. The molecule has 0 saturated carbocycles. The first kappa shape index (κ1) is 19.6. The number of aryl methyl sites for hydroxylation is 1. The molecule has 3 amide bonds. The third kappa shape index (κ3) is 4.77. The summed E-state index contributed by atoms with van der Waals surface area (Å²) < 4.78 is 1.98. The molecule has 0 aliphatic heterocycles. The quantitative estimate of drug-likeness (QED) is 0.626. The minimum absolute atomic E-state index is 0.194. The highest BCUT2D eigenvalue weighted by atomic mass is 32.2. The molecule has 0 aliphatic rings. The van der Waals surface area contributed by atoms with E-state index < -0.39 is 6.03 Å². The van der Waals surface area contributed by atoms with Gasteiger partial charge in [0.2, 0.25) is 5.91 Å². The van der Waals surface area contributed by atoms with Crippen LogP contribution < -0.4 is 10.6 Å². The second kappa shape index (κ2) is 9.18. The van der Waals surface area contributed by atoms with Gasteiger partial charge in [0.15, 0.2) is 11.0 Å². The molecule has 0 spiro atoms. The SMILES string of the molecule is CNC(=O)NC(=O)CCSc1nnc(-c2cccc(C)c2)n1-c1ccccc1. The van der Waals surface area contributed by atoms with Gasteiger partial charge in [-0.2, -0.15) is 0 Å². The number of carbonyl (C=O) groups excluding carboxylic acids is 2. The molecular weight excluding hydrogens is 374 g/mol. The lowest BCUT2D eigenvalue weighted by atomic mass is 10.1. The highest BCUT2D eigenvalue weighted by molar-refractivity contribution is 7.99. The number of hydrogen-bond acceptors (Lipinski definition) is 5. The number of thioether (sulfide) groups is 1. The summed E-state index contributed by atoms with van der Waals surface area (Å²) in [6.45, 7) is 2.04. The molecule has 0 aliphatic carbocycles. The molecule has 28 heavy (non-hydrogen) atoms. The Hall–Kier alpha value is -3.13. The van der Waals surface area contributed by atoms with Crippen molar-refractivity contribution < 1.29 is 9.59 Å². The zero-order valence-electron chi connectivity index (χ0n) is 15.7. The number of rotatable bonds is 6. The highest BCUT2D eigenvalue weighted by Gasteiger charge is 2.16. The molecule has 0 atom stereocenters. The van der Waals surface area contributed by atoms with Crippen molar-refractivity contribution in [2.75, 3.05) is 12.8 Å². The van der Waals surface area contributed by atoms with Crippen LogP contribution in [0.2, 0.25) is 0 Å². The van der Waals surface area contributed by atoms with Gasteiger partial charge in [-0.3, -0.25) is 14.7 Å². The first-order chi connectivity index (χ1) is 13.6. The zero-order valence-corrected chi connectivity index (χ0v) is 16.5. The Morgan fingerprint density at radius 3 is 2.57 bits per heavy atom. The lowest BCUT2D eigenvalue weighted by Crippen LogP contribution is -2.37. The third-order valence-electron chi connectivity index (χ3n) is 3.96. The number of para-hydroxylation sites is 1. The number of nitrogens with one attached hydrogen (secondary N) is 2. The fourth-order valence-corrected chi connectivity index (χ4v) is 3.52. The van der Waals surface area contributed by atoms with Crippen molar-refractivity contribution in [3.05, 3.63) is 60.2 Å². The van der Waals surface area contributed by atoms with Gasteiger partial charge in [-0.15, -0.1) is 10.2 Å². The lowest BCUT2D eigenvalue weighted by Gasteiger charge is -2.10. The Morgan fingerprint density at radius 2 is 1.86 bits per heavy atom. The predicted molar refractivity (Wildman–Crippen MR) is 109 cm³/mol. The van der Waals surface area contributed by atoms with E-state index in [0.29, 0.717) is 10.9 Å². The van der Waals surface area contributed by atoms with Crippen LogP contribution in [-0.4, -0.2) is 39.5 Å². The monoisotopic (exact) mass is 395 g/mol. The first-order valence-electron chi connectivity index (χ1n) is 8.80. The summed E-state index contributed by atoms with van der Waals surface area (Å²) in [6.07, 6.45) is 0.194. The van der Waals surface area contributed by atoms with Crippen molar-refractivity contribution in [3.8, 4) is 17.1 Å². The van der Waals surface area contributed by atoms with Crippen LogP contribution in [0.15, 0.2) is 59.8 Å². The summed E-state index contributed by atoms with van der Waals surface area (Å²) in [5.74, 6) is 0.880. The van der Waals surface area contributed by atoms with Crippen LogP contribution in [-0.2, 0) is 4.79 Å². The first-order valence-corrected chi connectivity index (χ1v) is 9.79. The molecule has 0 saturated heterocycles. The number of nitrogens with zero attached hydrogens (tertiary/aromatic N) is 3.